The van der Waals surface area contributed by atoms with Gasteiger partial charge in [0.25, 0.3) is 0 Å². The number of carbonyl (C=O) groups is 1. The SMILES string of the molecule is CC(C)=CCCC(=O)N[C@H](C)[C@](O)(Cn1cncn1)c1ccc(F)cc1F. The summed E-state index contributed by atoms with van der Waals surface area (Å²) in [4.78, 5) is 16.0. The fraction of sp³-hybridized carbons (Fsp3) is 0.421. The molecule has 0 saturated heterocycles. The predicted molar refractivity (Wildman–Crippen MR) is 96.5 cm³/mol. The van der Waals surface area contributed by atoms with Crippen molar-refractivity contribution in [2.24, 2.45) is 0 Å². The van der Waals surface area contributed by atoms with Gasteiger partial charge in [0.15, 0.2) is 0 Å². The van der Waals surface area contributed by atoms with Gasteiger partial charge in [-0.15, -0.1) is 0 Å². The topological polar surface area (TPSA) is 80.0 Å². The van der Waals surface area contributed by atoms with Gasteiger partial charge < -0.3 is 10.4 Å². The molecule has 2 aromatic rings. The molecule has 0 aliphatic heterocycles. The standard InChI is InChI=1S/C19H24F2N4O2/c1-13(2)5-4-6-18(26)24-14(3)19(27,10-25-12-22-11-23-25)16-8-7-15(20)9-17(16)21/h5,7-9,11-12,14,27H,4,6,10H2,1-3H3,(H,24,26)/t14-,19-/m1/s1. The number of allylic oxidation sites excluding steroid dienone is 2. The number of hydrogen-bond donors (Lipinski definition) is 2. The van der Waals surface area contributed by atoms with Crippen molar-refractivity contribution in [2.45, 2.75) is 51.8 Å². The summed E-state index contributed by atoms with van der Waals surface area (Å²) in [7, 11) is 0. The van der Waals surface area contributed by atoms with Crippen molar-refractivity contribution in [2.75, 3.05) is 0 Å². The molecule has 27 heavy (non-hydrogen) atoms. The van der Waals surface area contributed by atoms with Crippen LogP contribution in [0.15, 0.2) is 42.5 Å². The van der Waals surface area contributed by atoms with Crippen LogP contribution < -0.4 is 5.32 Å². The fourth-order valence-corrected chi connectivity index (χ4v) is 2.78. The number of carbonyl (C=O) groups excluding carboxylic acids is 1. The third-order valence-corrected chi connectivity index (χ3v) is 4.28. The van der Waals surface area contributed by atoms with Crippen LogP contribution in [0.2, 0.25) is 0 Å². The van der Waals surface area contributed by atoms with E-state index in [4.69, 9.17) is 0 Å². The maximum absolute atomic E-state index is 14.4. The first-order valence-electron chi connectivity index (χ1n) is 8.65. The van der Waals surface area contributed by atoms with E-state index in [0.717, 1.165) is 11.6 Å². The van der Waals surface area contributed by atoms with Crippen LogP contribution in [0.5, 0.6) is 0 Å². The van der Waals surface area contributed by atoms with Crippen LogP contribution >= 0.6 is 0 Å². The zero-order valence-electron chi connectivity index (χ0n) is 15.6. The van der Waals surface area contributed by atoms with Crippen molar-refractivity contribution in [3.63, 3.8) is 0 Å². The molecule has 1 heterocycles. The molecule has 1 aromatic heterocycles. The molecule has 0 aliphatic carbocycles. The van der Waals surface area contributed by atoms with E-state index >= 15 is 0 Å². The number of nitrogens with zero attached hydrogens (tertiary/aromatic N) is 3. The van der Waals surface area contributed by atoms with Crippen LogP contribution in [-0.2, 0) is 16.9 Å². The number of benzene rings is 1. The van der Waals surface area contributed by atoms with E-state index in [1.807, 2.05) is 19.9 Å². The summed E-state index contributed by atoms with van der Waals surface area (Å²) in [6.45, 7) is 5.28. The van der Waals surface area contributed by atoms with Crippen LogP contribution in [0, 0.1) is 11.6 Å². The van der Waals surface area contributed by atoms with E-state index in [2.05, 4.69) is 15.4 Å². The number of halogens is 2. The molecular formula is C19H24F2N4O2. The summed E-state index contributed by atoms with van der Waals surface area (Å²) in [5.41, 5.74) is -0.874. The van der Waals surface area contributed by atoms with Crippen LogP contribution in [0.3, 0.4) is 0 Å². The zero-order valence-corrected chi connectivity index (χ0v) is 15.6. The Morgan fingerprint density at radius 3 is 2.74 bits per heavy atom. The largest absolute Gasteiger partial charge is 0.381 e. The van der Waals surface area contributed by atoms with Crippen LogP contribution in [0.4, 0.5) is 8.78 Å². The number of rotatable bonds is 8. The van der Waals surface area contributed by atoms with Crippen molar-refractivity contribution in [3.8, 4) is 0 Å². The molecule has 0 spiro atoms. The molecule has 146 valence electrons. The Morgan fingerprint density at radius 2 is 2.15 bits per heavy atom. The molecule has 6 nitrogen and oxygen atoms in total. The van der Waals surface area contributed by atoms with Crippen molar-refractivity contribution in [3.05, 3.63) is 59.7 Å². The minimum atomic E-state index is -1.85. The lowest BCUT2D eigenvalue weighted by Gasteiger charge is -2.35. The van der Waals surface area contributed by atoms with Crippen molar-refractivity contribution < 1.29 is 18.7 Å². The van der Waals surface area contributed by atoms with Crippen molar-refractivity contribution >= 4 is 5.91 Å². The van der Waals surface area contributed by atoms with Gasteiger partial charge in [-0.25, -0.2) is 18.4 Å². The Labute approximate surface area is 156 Å². The van der Waals surface area contributed by atoms with Gasteiger partial charge in [-0.3, -0.25) is 4.79 Å². The van der Waals surface area contributed by atoms with E-state index in [1.54, 1.807) is 6.92 Å². The summed E-state index contributed by atoms with van der Waals surface area (Å²) >= 11 is 0. The summed E-state index contributed by atoms with van der Waals surface area (Å²) < 4.78 is 29.0. The molecule has 1 aromatic carbocycles. The number of hydrogen-bond acceptors (Lipinski definition) is 4. The number of amides is 1. The molecule has 8 heteroatoms. The van der Waals surface area contributed by atoms with Gasteiger partial charge in [0.2, 0.25) is 5.91 Å². The van der Waals surface area contributed by atoms with E-state index in [-0.39, 0.29) is 24.4 Å². The van der Waals surface area contributed by atoms with Crippen molar-refractivity contribution in [1.29, 1.82) is 0 Å². The van der Waals surface area contributed by atoms with Gasteiger partial charge in [-0.05, 0) is 33.3 Å². The first-order chi connectivity index (χ1) is 12.7. The van der Waals surface area contributed by atoms with Gasteiger partial charge in [0.1, 0.15) is 29.9 Å². The van der Waals surface area contributed by atoms with Gasteiger partial charge in [0, 0.05) is 18.1 Å². The smallest absolute Gasteiger partial charge is 0.220 e. The Bertz CT molecular complexity index is 804. The molecule has 0 unspecified atom stereocenters. The monoisotopic (exact) mass is 378 g/mol. The highest BCUT2D eigenvalue weighted by Crippen LogP contribution is 2.30. The lowest BCUT2D eigenvalue weighted by Crippen LogP contribution is -2.51. The van der Waals surface area contributed by atoms with Crippen LogP contribution in [0.1, 0.15) is 39.2 Å². The van der Waals surface area contributed by atoms with Crippen LogP contribution in [-0.4, -0.2) is 31.8 Å². The summed E-state index contributed by atoms with van der Waals surface area (Å²) in [5, 5.41) is 17.9. The van der Waals surface area contributed by atoms with E-state index < -0.39 is 23.3 Å². The number of aliphatic hydroxyl groups is 1. The highest BCUT2D eigenvalue weighted by Gasteiger charge is 2.40. The average Bonchev–Trinajstić information content (AvgIpc) is 3.06. The maximum atomic E-state index is 14.4. The minimum Gasteiger partial charge on any atom is -0.381 e. The average molecular weight is 378 g/mol. The lowest BCUT2D eigenvalue weighted by molar-refractivity contribution is -0.124. The molecule has 0 aliphatic rings. The molecule has 0 radical (unpaired) electrons. The first kappa shape index (κ1) is 20.7. The quantitative estimate of drug-likeness (QED) is 0.692. The Morgan fingerprint density at radius 1 is 1.41 bits per heavy atom. The second-order valence-corrected chi connectivity index (χ2v) is 6.75. The molecule has 0 fully saturated rings. The normalized spacial score (nSPS) is 14.3. The highest BCUT2D eigenvalue weighted by molar-refractivity contribution is 5.76. The summed E-state index contributed by atoms with van der Waals surface area (Å²) in [6.07, 6.45) is 5.39. The Balaban J connectivity index is 2.26. The molecular weight excluding hydrogens is 354 g/mol. The highest BCUT2D eigenvalue weighted by atomic mass is 19.1. The molecule has 2 rings (SSSR count). The van der Waals surface area contributed by atoms with Gasteiger partial charge >= 0.3 is 0 Å². The third kappa shape index (κ3) is 5.43. The van der Waals surface area contributed by atoms with E-state index in [1.165, 1.54) is 23.4 Å². The van der Waals surface area contributed by atoms with Crippen molar-refractivity contribution in [1.82, 2.24) is 20.1 Å². The fourth-order valence-electron chi connectivity index (χ4n) is 2.78. The minimum absolute atomic E-state index is 0.128. The Hall–Kier alpha value is -2.61. The van der Waals surface area contributed by atoms with Gasteiger partial charge in [-0.2, -0.15) is 5.10 Å². The lowest BCUT2D eigenvalue weighted by atomic mass is 9.86. The second-order valence-electron chi connectivity index (χ2n) is 6.75. The maximum Gasteiger partial charge on any atom is 0.220 e. The number of aromatic nitrogens is 3. The summed E-state index contributed by atoms with van der Waals surface area (Å²) in [6, 6.07) is 2.08. The predicted octanol–water partition coefficient (Wildman–Crippen LogP) is 2.70. The number of nitrogens with one attached hydrogen (secondary N) is 1. The molecule has 0 bridgehead atoms. The molecule has 2 atom stereocenters. The second kappa shape index (κ2) is 8.85. The molecule has 1 amide bonds. The van der Waals surface area contributed by atoms with Gasteiger partial charge in [0.05, 0.1) is 12.6 Å². The summed E-state index contributed by atoms with van der Waals surface area (Å²) in [5.74, 6) is -1.93. The third-order valence-electron chi connectivity index (χ3n) is 4.28. The Kier molecular flexibility index (Phi) is 6.79. The van der Waals surface area contributed by atoms with Crippen LogP contribution in [0.25, 0.3) is 0 Å². The van der Waals surface area contributed by atoms with E-state index in [9.17, 15) is 18.7 Å². The van der Waals surface area contributed by atoms with Gasteiger partial charge in [-0.1, -0.05) is 17.7 Å². The van der Waals surface area contributed by atoms with E-state index in [0.29, 0.717) is 12.5 Å². The first-order valence-corrected chi connectivity index (χ1v) is 8.65. The zero-order chi connectivity index (χ0) is 20.0. The molecule has 2 N–H and O–H groups in total. The molecule has 0 saturated carbocycles.